The number of aliphatic hydroxyl groups excluding tert-OH is 1. The van der Waals surface area contributed by atoms with Gasteiger partial charge in [-0.05, 0) is 52.7 Å². The molecule has 0 aliphatic carbocycles. The van der Waals surface area contributed by atoms with Gasteiger partial charge in [0.2, 0.25) is 0 Å². The number of aromatic nitrogens is 1. The molecule has 7 heteroatoms. The molecule has 0 radical (unpaired) electrons. The molecule has 0 saturated heterocycles. The Balaban J connectivity index is 2.13. The van der Waals surface area contributed by atoms with Crippen molar-refractivity contribution in [2.75, 3.05) is 10.8 Å². The second-order valence-corrected chi connectivity index (χ2v) is 6.77. The third-order valence-corrected chi connectivity index (χ3v) is 5.20. The Kier molecular flexibility index (Phi) is 4.53. The summed E-state index contributed by atoms with van der Waals surface area (Å²) in [7, 11) is 0. The van der Waals surface area contributed by atoms with Crippen LogP contribution in [0.2, 0.25) is 0 Å². The average molecular weight is 432 g/mol. The number of alkyl halides is 2. The van der Waals surface area contributed by atoms with Crippen molar-refractivity contribution in [2.24, 2.45) is 0 Å². The number of halogens is 3. The Bertz CT molecular complexity index is 739. The molecule has 0 saturated carbocycles. The molecule has 0 unspecified atom stereocenters. The standard InChI is InChI=1S/C15H11F2IN2OS/c16-12(17)8-20-15-10(5-3-7-19-15)13(21)14(22-20)9-4-1-2-6-11(9)18/h1-7,12,21H,8H2. The normalized spacial score (nSPS) is 14.5. The third kappa shape index (κ3) is 2.91. The van der Waals surface area contributed by atoms with Crippen molar-refractivity contribution >= 4 is 51.0 Å². The summed E-state index contributed by atoms with van der Waals surface area (Å²) >= 11 is 3.26. The number of hydrogen-bond donors (Lipinski definition) is 1. The number of aliphatic hydroxyl groups is 1. The molecule has 114 valence electrons. The zero-order chi connectivity index (χ0) is 15.7. The highest BCUT2D eigenvalue weighted by Crippen LogP contribution is 2.46. The first kappa shape index (κ1) is 15.5. The molecule has 1 N–H and O–H groups in total. The molecule has 2 heterocycles. The van der Waals surface area contributed by atoms with E-state index < -0.39 is 13.0 Å². The number of pyridine rings is 1. The van der Waals surface area contributed by atoms with Crippen molar-refractivity contribution in [3.63, 3.8) is 0 Å². The van der Waals surface area contributed by atoms with Gasteiger partial charge in [-0.25, -0.2) is 13.8 Å². The van der Waals surface area contributed by atoms with Crippen LogP contribution in [0.5, 0.6) is 0 Å². The van der Waals surface area contributed by atoms with Gasteiger partial charge in [0, 0.05) is 15.3 Å². The maximum absolute atomic E-state index is 12.9. The SMILES string of the molecule is OC1=C(c2ccccc2I)SN(CC(F)F)c2ncccc21. The summed E-state index contributed by atoms with van der Waals surface area (Å²) in [5.41, 5.74) is 1.29. The lowest BCUT2D eigenvalue weighted by Gasteiger charge is -2.30. The third-order valence-electron chi connectivity index (χ3n) is 3.12. The van der Waals surface area contributed by atoms with E-state index in [0.717, 1.165) is 21.1 Å². The van der Waals surface area contributed by atoms with Crippen LogP contribution in [0.1, 0.15) is 11.1 Å². The van der Waals surface area contributed by atoms with E-state index in [1.54, 1.807) is 12.1 Å². The van der Waals surface area contributed by atoms with Crippen LogP contribution in [0.3, 0.4) is 0 Å². The Labute approximate surface area is 144 Å². The highest BCUT2D eigenvalue weighted by molar-refractivity contribution is 14.1. The van der Waals surface area contributed by atoms with E-state index in [1.807, 2.05) is 24.3 Å². The number of hydrogen-bond acceptors (Lipinski definition) is 4. The molecule has 3 nitrogen and oxygen atoms in total. The summed E-state index contributed by atoms with van der Waals surface area (Å²) in [5.74, 6) is 0.433. The topological polar surface area (TPSA) is 36.4 Å². The fraction of sp³-hybridized carbons (Fsp3) is 0.133. The highest BCUT2D eigenvalue weighted by Gasteiger charge is 2.29. The van der Waals surface area contributed by atoms with Gasteiger partial charge in [0.05, 0.1) is 17.0 Å². The smallest absolute Gasteiger partial charge is 0.256 e. The molecule has 1 aliphatic heterocycles. The minimum absolute atomic E-state index is 0.0720. The van der Waals surface area contributed by atoms with Crippen LogP contribution in [0.25, 0.3) is 10.7 Å². The lowest BCUT2D eigenvalue weighted by molar-refractivity contribution is 0.159. The number of nitrogens with zero attached hydrogens (tertiary/aromatic N) is 2. The van der Waals surface area contributed by atoms with Crippen molar-refractivity contribution in [1.29, 1.82) is 0 Å². The molecule has 3 rings (SSSR count). The first-order valence-corrected chi connectivity index (χ1v) is 8.30. The lowest BCUT2D eigenvalue weighted by atomic mass is 10.1. The summed E-state index contributed by atoms with van der Waals surface area (Å²) in [6, 6.07) is 10.9. The summed E-state index contributed by atoms with van der Waals surface area (Å²) in [4.78, 5) is 4.69. The van der Waals surface area contributed by atoms with Crippen LogP contribution in [-0.4, -0.2) is 23.1 Å². The molecular formula is C15H11F2IN2OS. The molecule has 0 amide bonds. The Hall–Kier alpha value is -1.35. The zero-order valence-corrected chi connectivity index (χ0v) is 14.2. The lowest BCUT2D eigenvalue weighted by Crippen LogP contribution is -2.26. The van der Waals surface area contributed by atoms with Crippen LogP contribution in [-0.2, 0) is 0 Å². The second kappa shape index (κ2) is 6.41. The predicted octanol–water partition coefficient (Wildman–Crippen LogP) is 4.80. The Morgan fingerprint density at radius 2 is 1.91 bits per heavy atom. The Morgan fingerprint density at radius 1 is 1.18 bits per heavy atom. The first-order valence-electron chi connectivity index (χ1n) is 6.45. The minimum atomic E-state index is -2.49. The van der Waals surface area contributed by atoms with E-state index in [0.29, 0.717) is 16.3 Å². The number of rotatable bonds is 3. The highest BCUT2D eigenvalue weighted by atomic mass is 127. The summed E-state index contributed by atoms with van der Waals surface area (Å²) in [6.45, 7) is -0.450. The fourth-order valence-electron chi connectivity index (χ4n) is 2.17. The molecule has 0 atom stereocenters. The van der Waals surface area contributed by atoms with Gasteiger partial charge in [0.1, 0.15) is 11.6 Å². The van der Waals surface area contributed by atoms with Crippen LogP contribution >= 0.6 is 34.5 Å². The maximum atomic E-state index is 12.9. The first-order chi connectivity index (χ1) is 10.6. The average Bonchev–Trinajstić information content (AvgIpc) is 2.51. The largest absolute Gasteiger partial charge is 0.506 e. The van der Waals surface area contributed by atoms with Crippen molar-refractivity contribution in [1.82, 2.24) is 4.98 Å². The van der Waals surface area contributed by atoms with Crippen molar-refractivity contribution in [3.05, 3.63) is 57.3 Å². The summed E-state index contributed by atoms with van der Waals surface area (Å²) < 4.78 is 28.1. The van der Waals surface area contributed by atoms with Gasteiger partial charge in [0.25, 0.3) is 6.43 Å². The minimum Gasteiger partial charge on any atom is -0.506 e. The molecule has 0 bridgehead atoms. The van der Waals surface area contributed by atoms with Gasteiger partial charge in [-0.1, -0.05) is 18.2 Å². The van der Waals surface area contributed by atoms with E-state index in [2.05, 4.69) is 27.6 Å². The van der Waals surface area contributed by atoms with Gasteiger partial charge in [0.15, 0.2) is 0 Å². The van der Waals surface area contributed by atoms with E-state index in [1.165, 1.54) is 10.5 Å². The van der Waals surface area contributed by atoms with Gasteiger partial charge in [-0.3, -0.25) is 4.31 Å². The van der Waals surface area contributed by atoms with Gasteiger partial charge >= 0.3 is 0 Å². The van der Waals surface area contributed by atoms with E-state index in [-0.39, 0.29) is 5.76 Å². The summed E-state index contributed by atoms with van der Waals surface area (Å²) in [6.07, 6.45) is -0.957. The molecular weight excluding hydrogens is 421 g/mol. The van der Waals surface area contributed by atoms with Gasteiger partial charge in [-0.15, -0.1) is 0 Å². The maximum Gasteiger partial charge on any atom is 0.256 e. The van der Waals surface area contributed by atoms with Gasteiger partial charge in [-0.2, -0.15) is 0 Å². The van der Waals surface area contributed by atoms with Crippen LogP contribution in [0.4, 0.5) is 14.6 Å². The Morgan fingerprint density at radius 3 is 2.64 bits per heavy atom. The van der Waals surface area contributed by atoms with Crippen molar-refractivity contribution < 1.29 is 13.9 Å². The molecule has 22 heavy (non-hydrogen) atoms. The van der Waals surface area contributed by atoms with E-state index in [4.69, 9.17) is 0 Å². The molecule has 1 aromatic heterocycles. The van der Waals surface area contributed by atoms with Crippen molar-refractivity contribution in [2.45, 2.75) is 6.43 Å². The molecule has 2 aromatic rings. The number of fused-ring (bicyclic) bond motifs is 1. The summed E-state index contributed by atoms with van der Waals surface area (Å²) in [5, 5.41) is 10.6. The van der Waals surface area contributed by atoms with E-state index >= 15 is 0 Å². The molecule has 1 aliphatic rings. The molecule has 0 spiro atoms. The molecule has 0 fully saturated rings. The van der Waals surface area contributed by atoms with Gasteiger partial charge < -0.3 is 5.11 Å². The quantitative estimate of drug-likeness (QED) is 0.559. The van der Waals surface area contributed by atoms with Crippen LogP contribution < -0.4 is 4.31 Å². The van der Waals surface area contributed by atoms with Crippen LogP contribution in [0.15, 0.2) is 42.6 Å². The second-order valence-electron chi connectivity index (χ2n) is 4.58. The van der Waals surface area contributed by atoms with E-state index in [9.17, 15) is 13.9 Å². The van der Waals surface area contributed by atoms with Crippen LogP contribution in [0, 0.1) is 3.57 Å². The zero-order valence-electron chi connectivity index (χ0n) is 11.2. The monoisotopic (exact) mass is 432 g/mol. The van der Waals surface area contributed by atoms with Crippen molar-refractivity contribution in [3.8, 4) is 0 Å². The number of anilines is 1. The predicted molar refractivity (Wildman–Crippen MR) is 93.8 cm³/mol. The molecule has 1 aromatic carbocycles. The fourth-order valence-corrected chi connectivity index (χ4v) is 4.12. The number of benzene rings is 1.